The molecular formula is C26H22N2O4. The van der Waals surface area contributed by atoms with Gasteiger partial charge in [0.2, 0.25) is 0 Å². The van der Waals surface area contributed by atoms with Gasteiger partial charge in [0.15, 0.2) is 0 Å². The number of fused-ring (bicyclic) bond motifs is 1. The van der Waals surface area contributed by atoms with Gasteiger partial charge in [-0.15, -0.1) is 0 Å². The van der Waals surface area contributed by atoms with E-state index in [0.717, 1.165) is 16.8 Å². The first-order valence-electron chi connectivity index (χ1n) is 10.2. The monoisotopic (exact) mass is 426 g/mol. The van der Waals surface area contributed by atoms with Crippen LogP contribution < -0.4 is 10.6 Å². The minimum absolute atomic E-state index is 0.177. The van der Waals surface area contributed by atoms with Gasteiger partial charge >= 0.3 is 5.97 Å². The summed E-state index contributed by atoms with van der Waals surface area (Å²) in [6.07, 6.45) is 2.33. The summed E-state index contributed by atoms with van der Waals surface area (Å²) in [6, 6.07) is 19.8. The summed E-state index contributed by atoms with van der Waals surface area (Å²) in [4.78, 5) is 36.7. The fourth-order valence-electron chi connectivity index (χ4n) is 3.56. The van der Waals surface area contributed by atoms with Crippen molar-refractivity contribution in [3.63, 3.8) is 0 Å². The first-order chi connectivity index (χ1) is 15.5. The second-order valence-electron chi connectivity index (χ2n) is 7.49. The maximum Gasteiger partial charge on any atom is 0.337 e. The number of hydrogen-bond acceptors (Lipinski definition) is 4. The van der Waals surface area contributed by atoms with Crippen LogP contribution in [0.5, 0.6) is 0 Å². The van der Waals surface area contributed by atoms with Gasteiger partial charge in [-0.3, -0.25) is 9.59 Å². The summed E-state index contributed by atoms with van der Waals surface area (Å²) < 4.78 is 4.77. The molecule has 3 aromatic carbocycles. The van der Waals surface area contributed by atoms with Gasteiger partial charge in [0.1, 0.15) is 0 Å². The van der Waals surface area contributed by atoms with Gasteiger partial charge in [-0.2, -0.15) is 0 Å². The van der Waals surface area contributed by atoms with Crippen LogP contribution in [0.25, 0.3) is 5.57 Å². The van der Waals surface area contributed by atoms with Crippen LogP contribution >= 0.6 is 0 Å². The van der Waals surface area contributed by atoms with Crippen LogP contribution in [0.15, 0.2) is 72.8 Å². The Morgan fingerprint density at radius 1 is 1.00 bits per heavy atom. The normalized spacial score (nSPS) is 13.4. The number of esters is 1. The van der Waals surface area contributed by atoms with Gasteiger partial charge in [-0.05, 0) is 60.9 Å². The number of ether oxygens (including phenoxy) is 1. The minimum atomic E-state index is -0.453. The highest BCUT2D eigenvalue weighted by molar-refractivity contribution is 6.31. The lowest BCUT2D eigenvalue weighted by atomic mass is 10.0. The molecule has 32 heavy (non-hydrogen) atoms. The molecule has 0 fully saturated rings. The van der Waals surface area contributed by atoms with E-state index in [9.17, 15) is 14.4 Å². The Morgan fingerprint density at radius 3 is 2.44 bits per heavy atom. The predicted octanol–water partition coefficient (Wildman–Crippen LogP) is 4.61. The summed E-state index contributed by atoms with van der Waals surface area (Å²) >= 11 is 0. The van der Waals surface area contributed by atoms with E-state index in [2.05, 4.69) is 10.6 Å². The van der Waals surface area contributed by atoms with E-state index in [1.807, 2.05) is 49.4 Å². The molecule has 0 atom stereocenters. The molecule has 3 aromatic rings. The number of amides is 2. The average molecular weight is 426 g/mol. The Hall–Kier alpha value is -4.19. The number of allylic oxidation sites excluding steroid dienone is 1. The van der Waals surface area contributed by atoms with Crippen molar-refractivity contribution in [2.75, 3.05) is 17.7 Å². The van der Waals surface area contributed by atoms with Crippen LogP contribution in [0, 0.1) is 6.92 Å². The zero-order valence-electron chi connectivity index (χ0n) is 17.8. The smallest absolute Gasteiger partial charge is 0.337 e. The molecule has 0 spiro atoms. The molecule has 0 saturated carbocycles. The number of carbonyl (C=O) groups excluding carboxylic acids is 3. The van der Waals surface area contributed by atoms with Gasteiger partial charge in [-0.25, -0.2) is 4.79 Å². The van der Waals surface area contributed by atoms with Crippen molar-refractivity contribution in [1.82, 2.24) is 0 Å². The van der Waals surface area contributed by atoms with Crippen molar-refractivity contribution >= 4 is 34.7 Å². The Labute approximate surface area is 185 Å². The van der Waals surface area contributed by atoms with Crippen LogP contribution in [0.4, 0.5) is 11.4 Å². The molecule has 0 bridgehead atoms. The lowest BCUT2D eigenvalue weighted by Crippen LogP contribution is -2.12. The number of rotatable bonds is 5. The summed E-state index contributed by atoms with van der Waals surface area (Å²) in [6.45, 7) is 1.94. The maximum atomic E-state index is 12.5. The van der Waals surface area contributed by atoms with Crippen molar-refractivity contribution in [2.45, 2.75) is 13.3 Å². The largest absolute Gasteiger partial charge is 0.465 e. The Bertz CT molecular complexity index is 1240. The number of para-hydroxylation sites is 1. The average Bonchev–Trinajstić information content (AvgIpc) is 3.13. The Morgan fingerprint density at radius 2 is 1.72 bits per heavy atom. The van der Waals surface area contributed by atoms with E-state index in [1.165, 1.54) is 7.11 Å². The van der Waals surface area contributed by atoms with Crippen molar-refractivity contribution in [1.29, 1.82) is 0 Å². The van der Waals surface area contributed by atoms with Crippen molar-refractivity contribution in [3.05, 3.63) is 101 Å². The second-order valence-corrected chi connectivity index (χ2v) is 7.49. The fraction of sp³-hybridized carbons (Fsp3) is 0.115. The molecule has 0 aliphatic carbocycles. The number of carbonyl (C=O) groups is 3. The quantitative estimate of drug-likeness (QED) is 0.461. The third-order valence-corrected chi connectivity index (χ3v) is 5.37. The van der Waals surface area contributed by atoms with Crippen LogP contribution in [-0.4, -0.2) is 24.9 Å². The topological polar surface area (TPSA) is 84.5 Å². The molecule has 1 aliphatic heterocycles. The van der Waals surface area contributed by atoms with E-state index in [4.69, 9.17) is 4.74 Å². The minimum Gasteiger partial charge on any atom is -0.465 e. The van der Waals surface area contributed by atoms with E-state index >= 15 is 0 Å². The van der Waals surface area contributed by atoms with E-state index in [1.54, 1.807) is 30.3 Å². The molecule has 6 heteroatoms. The molecule has 0 saturated heterocycles. The summed E-state index contributed by atoms with van der Waals surface area (Å²) in [7, 11) is 1.32. The van der Waals surface area contributed by atoms with Crippen LogP contribution in [0.2, 0.25) is 0 Å². The van der Waals surface area contributed by atoms with E-state index in [0.29, 0.717) is 34.4 Å². The predicted molar refractivity (Wildman–Crippen MR) is 124 cm³/mol. The maximum absolute atomic E-state index is 12.5. The van der Waals surface area contributed by atoms with Gasteiger partial charge in [0.05, 0.1) is 12.7 Å². The lowest BCUT2D eigenvalue weighted by Gasteiger charge is -2.08. The molecule has 2 N–H and O–H groups in total. The molecule has 2 amide bonds. The summed E-state index contributed by atoms with van der Waals surface area (Å²) in [5, 5.41) is 5.72. The number of aryl methyl sites for hydroxylation is 1. The number of benzene rings is 3. The molecule has 0 radical (unpaired) electrons. The summed E-state index contributed by atoms with van der Waals surface area (Å²) in [5.74, 6) is -0.842. The fourth-order valence-corrected chi connectivity index (χ4v) is 3.56. The first kappa shape index (κ1) is 21.1. The van der Waals surface area contributed by atoms with Gasteiger partial charge < -0.3 is 15.4 Å². The highest BCUT2D eigenvalue weighted by Gasteiger charge is 2.25. The van der Waals surface area contributed by atoms with Gasteiger partial charge in [-0.1, -0.05) is 36.4 Å². The van der Waals surface area contributed by atoms with Crippen molar-refractivity contribution in [3.8, 4) is 0 Å². The molecule has 0 aromatic heterocycles. The van der Waals surface area contributed by atoms with Crippen molar-refractivity contribution < 1.29 is 19.1 Å². The van der Waals surface area contributed by atoms with Crippen molar-refractivity contribution in [2.24, 2.45) is 0 Å². The highest BCUT2D eigenvalue weighted by Crippen LogP contribution is 2.33. The molecule has 0 unspecified atom stereocenters. The molecule has 160 valence electrons. The molecular weight excluding hydrogens is 404 g/mol. The van der Waals surface area contributed by atoms with Crippen LogP contribution in [-0.2, 0) is 16.0 Å². The number of anilines is 2. The van der Waals surface area contributed by atoms with E-state index < -0.39 is 5.97 Å². The third-order valence-electron chi connectivity index (χ3n) is 5.37. The number of hydrogen-bond donors (Lipinski definition) is 2. The number of methoxy groups -OCH3 is 1. The molecule has 6 nitrogen and oxygen atoms in total. The summed E-state index contributed by atoms with van der Waals surface area (Å²) in [5.41, 5.74) is 5.51. The highest BCUT2D eigenvalue weighted by atomic mass is 16.5. The van der Waals surface area contributed by atoms with Crippen LogP contribution in [0.1, 0.15) is 37.4 Å². The lowest BCUT2D eigenvalue weighted by molar-refractivity contribution is -0.110. The Kier molecular flexibility index (Phi) is 5.85. The Balaban J connectivity index is 1.49. The number of nitrogens with one attached hydrogen (secondary N) is 2. The standard InChI is InChI=1S/C26H22N2O4/c1-16-5-3-4-6-22(16)27-24(29)18-10-7-17(8-11-18)9-13-20-21-15-19(26(31)32-2)12-14-23(21)28-25(20)30/h3-8,10-15H,9H2,1-2H3,(H,27,29)(H,28,30)/b20-13-. The van der Waals surface area contributed by atoms with Crippen LogP contribution in [0.3, 0.4) is 0 Å². The molecule has 4 rings (SSSR count). The van der Waals surface area contributed by atoms with Gasteiger partial charge in [0.25, 0.3) is 11.8 Å². The molecule has 1 aliphatic rings. The first-order valence-corrected chi connectivity index (χ1v) is 10.2. The zero-order valence-corrected chi connectivity index (χ0v) is 17.8. The van der Waals surface area contributed by atoms with E-state index in [-0.39, 0.29) is 11.8 Å². The third kappa shape index (κ3) is 4.30. The van der Waals surface area contributed by atoms with Gasteiger partial charge in [0, 0.05) is 28.1 Å². The SMILES string of the molecule is COC(=O)c1ccc2c(c1)/C(=C/Cc1ccc(C(=O)Nc3ccccc3C)cc1)C(=O)N2. The molecule has 1 heterocycles. The zero-order chi connectivity index (χ0) is 22.7. The second kappa shape index (κ2) is 8.89.